The van der Waals surface area contributed by atoms with Crippen molar-refractivity contribution in [1.82, 2.24) is 15.1 Å². The third-order valence-corrected chi connectivity index (χ3v) is 3.90. The van der Waals surface area contributed by atoms with E-state index in [2.05, 4.69) is 40.4 Å². The van der Waals surface area contributed by atoms with Gasteiger partial charge in [-0.2, -0.15) is 0 Å². The second-order valence-corrected chi connectivity index (χ2v) is 5.29. The summed E-state index contributed by atoms with van der Waals surface area (Å²) in [4.78, 5) is 4.97. The molecule has 3 heteroatoms. The number of nitrogens with one attached hydrogen (secondary N) is 1. The zero-order chi connectivity index (χ0) is 11.7. The van der Waals surface area contributed by atoms with Gasteiger partial charge in [-0.3, -0.25) is 4.90 Å². The molecule has 0 aliphatic carbocycles. The van der Waals surface area contributed by atoms with Crippen LogP contribution in [0.2, 0.25) is 0 Å². The van der Waals surface area contributed by atoms with E-state index in [1.807, 2.05) is 0 Å². The van der Waals surface area contributed by atoms with E-state index >= 15 is 0 Å². The molecule has 0 bridgehead atoms. The van der Waals surface area contributed by atoms with Crippen LogP contribution < -0.4 is 5.32 Å². The van der Waals surface area contributed by atoms with Gasteiger partial charge in [0, 0.05) is 45.8 Å². The van der Waals surface area contributed by atoms with Gasteiger partial charge in [0.2, 0.25) is 0 Å². The highest BCUT2D eigenvalue weighted by molar-refractivity contribution is 5.34. The number of hydrogen-bond donors (Lipinski definition) is 1. The second kappa shape index (κ2) is 4.77. The number of piperazine rings is 1. The first-order valence-corrected chi connectivity index (χ1v) is 6.53. The molecule has 0 amide bonds. The number of benzene rings is 1. The fourth-order valence-electron chi connectivity index (χ4n) is 2.71. The molecule has 0 saturated carbocycles. The van der Waals surface area contributed by atoms with E-state index in [4.69, 9.17) is 0 Å². The van der Waals surface area contributed by atoms with Crippen LogP contribution in [0.15, 0.2) is 18.2 Å². The minimum atomic E-state index is 1.05. The zero-order valence-electron chi connectivity index (χ0n) is 10.6. The van der Waals surface area contributed by atoms with Gasteiger partial charge in [0.05, 0.1) is 0 Å². The molecule has 3 rings (SSSR count). The molecule has 92 valence electrons. The molecular weight excluding hydrogens is 210 g/mol. The van der Waals surface area contributed by atoms with Crippen molar-refractivity contribution in [3.05, 3.63) is 34.9 Å². The van der Waals surface area contributed by atoms with Crippen molar-refractivity contribution < 1.29 is 0 Å². The summed E-state index contributed by atoms with van der Waals surface area (Å²) in [5.41, 5.74) is 4.45. The third kappa shape index (κ3) is 2.51. The van der Waals surface area contributed by atoms with Crippen molar-refractivity contribution in [2.45, 2.75) is 19.6 Å². The quantitative estimate of drug-likeness (QED) is 0.820. The molecule has 2 heterocycles. The Morgan fingerprint density at radius 1 is 1.06 bits per heavy atom. The Labute approximate surface area is 103 Å². The Morgan fingerprint density at radius 3 is 2.65 bits per heavy atom. The van der Waals surface area contributed by atoms with E-state index in [1.54, 1.807) is 0 Å². The highest BCUT2D eigenvalue weighted by atomic mass is 15.2. The van der Waals surface area contributed by atoms with Crippen LogP contribution in [0.4, 0.5) is 0 Å². The first-order valence-electron chi connectivity index (χ1n) is 6.53. The highest BCUT2D eigenvalue weighted by Crippen LogP contribution is 2.18. The Bertz CT molecular complexity index is 394. The topological polar surface area (TPSA) is 18.5 Å². The minimum Gasteiger partial charge on any atom is -0.309 e. The fourth-order valence-corrected chi connectivity index (χ4v) is 2.71. The van der Waals surface area contributed by atoms with E-state index < -0.39 is 0 Å². The summed E-state index contributed by atoms with van der Waals surface area (Å²) >= 11 is 0. The number of rotatable bonds is 2. The molecule has 0 spiro atoms. The monoisotopic (exact) mass is 231 g/mol. The van der Waals surface area contributed by atoms with Gasteiger partial charge in [-0.05, 0) is 23.7 Å². The highest BCUT2D eigenvalue weighted by Gasteiger charge is 2.15. The molecule has 0 aromatic heterocycles. The lowest BCUT2D eigenvalue weighted by Gasteiger charge is -2.32. The average Bonchev–Trinajstić information content (AvgIpc) is 2.79. The standard InChI is InChI=1S/C14H21N3/c1-16-4-6-17(7-5-16)11-12-2-3-13-9-15-10-14(13)8-12/h2-3,8,15H,4-7,9-11H2,1H3. The van der Waals surface area contributed by atoms with Crippen LogP contribution in [-0.4, -0.2) is 43.0 Å². The van der Waals surface area contributed by atoms with Crippen molar-refractivity contribution in [2.24, 2.45) is 0 Å². The average molecular weight is 231 g/mol. The van der Waals surface area contributed by atoms with E-state index in [0.717, 1.165) is 19.6 Å². The lowest BCUT2D eigenvalue weighted by Crippen LogP contribution is -2.43. The normalized spacial score (nSPS) is 21.7. The summed E-state index contributed by atoms with van der Waals surface area (Å²) in [6, 6.07) is 6.97. The summed E-state index contributed by atoms with van der Waals surface area (Å²) < 4.78 is 0. The van der Waals surface area contributed by atoms with Gasteiger partial charge in [0.25, 0.3) is 0 Å². The SMILES string of the molecule is CN1CCN(Cc2ccc3c(c2)CNC3)CC1. The van der Waals surface area contributed by atoms with Crippen LogP contribution in [0.25, 0.3) is 0 Å². The van der Waals surface area contributed by atoms with Crippen molar-refractivity contribution in [1.29, 1.82) is 0 Å². The van der Waals surface area contributed by atoms with Crippen LogP contribution in [0.3, 0.4) is 0 Å². The van der Waals surface area contributed by atoms with Gasteiger partial charge < -0.3 is 10.2 Å². The van der Waals surface area contributed by atoms with Gasteiger partial charge in [-0.1, -0.05) is 18.2 Å². The summed E-state index contributed by atoms with van der Waals surface area (Å²) in [6.45, 7) is 8.01. The predicted octanol–water partition coefficient (Wildman–Crippen LogP) is 1.04. The molecule has 17 heavy (non-hydrogen) atoms. The largest absolute Gasteiger partial charge is 0.309 e. The molecule has 0 atom stereocenters. The Hall–Kier alpha value is -0.900. The van der Waals surface area contributed by atoms with Crippen molar-refractivity contribution in [2.75, 3.05) is 33.2 Å². The molecule has 1 N–H and O–H groups in total. The van der Waals surface area contributed by atoms with Crippen molar-refractivity contribution in [3.63, 3.8) is 0 Å². The molecule has 0 radical (unpaired) electrons. The van der Waals surface area contributed by atoms with Gasteiger partial charge in [0.1, 0.15) is 0 Å². The van der Waals surface area contributed by atoms with Crippen molar-refractivity contribution >= 4 is 0 Å². The van der Waals surface area contributed by atoms with E-state index in [9.17, 15) is 0 Å². The van der Waals surface area contributed by atoms with Crippen LogP contribution in [0.5, 0.6) is 0 Å². The second-order valence-electron chi connectivity index (χ2n) is 5.29. The minimum absolute atomic E-state index is 1.05. The smallest absolute Gasteiger partial charge is 0.0234 e. The molecule has 1 saturated heterocycles. The Balaban J connectivity index is 1.65. The third-order valence-electron chi connectivity index (χ3n) is 3.90. The van der Waals surface area contributed by atoms with E-state index in [0.29, 0.717) is 0 Å². The van der Waals surface area contributed by atoms with E-state index in [1.165, 1.54) is 42.9 Å². The number of fused-ring (bicyclic) bond motifs is 1. The maximum Gasteiger partial charge on any atom is 0.0234 e. The summed E-state index contributed by atoms with van der Waals surface area (Å²) in [6.07, 6.45) is 0. The Kier molecular flexibility index (Phi) is 3.14. The number of likely N-dealkylation sites (N-methyl/N-ethyl adjacent to an activating group) is 1. The van der Waals surface area contributed by atoms with Crippen LogP contribution >= 0.6 is 0 Å². The summed E-state index contributed by atoms with van der Waals surface area (Å²) in [5, 5.41) is 3.40. The summed E-state index contributed by atoms with van der Waals surface area (Å²) in [5.74, 6) is 0. The van der Waals surface area contributed by atoms with Gasteiger partial charge in [0.15, 0.2) is 0 Å². The lowest BCUT2D eigenvalue weighted by atomic mass is 10.1. The summed E-state index contributed by atoms with van der Waals surface area (Å²) in [7, 11) is 2.21. The molecule has 1 aromatic carbocycles. The molecule has 1 fully saturated rings. The molecule has 2 aliphatic rings. The fraction of sp³-hybridized carbons (Fsp3) is 0.571. The molecule has 2 aliphatic heterocycles. The van der Waals surface area contributed by atoms with Crippen LogP contribution in [0.1, 0.15) is 16.7 Å². The van der Waals surface area contributed by atoms with Crippen LogP contribution in [-0.2, 0) is 19.6 Å². The van der Waals surface area contributed by atoms with Gasteiger partial charge in [-0.25, -0.2) is 0 Å². The van der Waals surface area contributed by atoms with Gasteiger partial charge >= 0.3 is 0 Å². The lowest BCUT2D eigenvalue weighted by molar-refractivity contribution is 0.148. The molecule has 3 nitrogen and oxygen atoms in total. The maximum atomic E-state index is 3.40. The molecule has 0 unspecified atom stereocenters. The Morgan fingerprint density at radius 2 is 1.82 bits per heavy atom. The van der Waals surface area contributed by atoms with Crippen LogP contribution in [0, 0.1) is 0 Å². The molecule has 1 aromatic rings. The number of nitrogens with zero attached hydrogens (tertiary/aromatic N) is 2. The van der Waals surface area contributed by atoms with Gasteiger partial charge in [-0.15, -0.1) is 0 Å². The van der Waals surface area contributed by atoms with E-state index in [-0.39, 0.29) is 0 Å². The predicted molar refractivity (Wildman–Crippen MR) is 69.8 cm³/mol. The molecular formula is C14H21N3. The first kappa shape index (κ1) is 11.2. The number of hydrogen-bond acceptors (Lipinski definition) is 3. The van der Waals surface area contributed by atoms with Crippen molar-refractivity contribution in [3.8, 4) is 0 Å². The first-order chi connectivity index (χ1) is 8.31. The zero-order valence-corrected chi connectivity index (χ0v) is 10.6. The maximum absolute atomic E-state index is 3.40.